The fraction of sp³-hybridized carbons (Fsp3) is 0.409. The molecule has 1 heterocycles. The van der Waals surface area contributed by atoms with Gasteiger partial charge >= 0.3 is 5.97 Å². The van der Waals surface area contributed by atoms with E-state index >= 15 is 0 Å². The Hall–Kier alpha value is -2.13. The van der Waals surface area contributed by atoms with Crippen molar-refractivity contribution in [2.24, 2.45) is 0 Å². The highest BCUT2D eigenvalue weighted by atomic mass is 16.5. The van der Waals surface area contributed by atoms with Crippen LogP contribution in [0.5, 0.6) is 0 Å². The molecule has 0 N–H and O–H groups in total. The summed E-state index contributed by atoms with van der Waals surface area (Å²) in [5.41, 5.74) is 2.59. The number of rotatable bonds is 6. The summed E-state index contributed by atoms with van der Waals surface area (Å²) >= 11 is 0. The van der Waals surface area contributed by atoms with Crippen LogP contribution in [0.25, 0.3) is 0 Å². The molecule has 0 unspecified atom stereocenters. The topological polar surface area (TPSA) is 29.5 Å². The molecule has 0 amide bonds. The fourth-order valence-corrected chi connectivity index (χ4v) is 3.72. The molecule has 3 nitrogen and oxygen atoms in total. The Kier molecular flexibility index (Phi) is 6.24. The third-order valence-electron chi connectivity index (χ3n) is 4.99. The van der Waals surface area contributed by atoms with Crippen molar-refractivity contribution in [3.05, 3.63) is 71.8 Å². The molecule has 3 rings (SSSR count). The average molecular weight is 337 g/mol. The first-order chi connectivity index (χ1) is 12.3. The van der Waals surface area contributed by atoms with Gasteiger partial charge in [-0.05, 0) is 37.4 Å². The molecule has 0 aliphatic carbocycles. The van der Waals surface area contributed by atoms with Gasteiger partial charge in [-0.3, -0.25) is 9.69 Å². The van der Waals surface area contributed by atoms with Crippen LogP contribution < -0.4 is 0 Å². The molecule has 0 radical (unpaired) electrons. The number of carbonyl (C=O) groups is 1. The highest BCUT2D eigenvalue weighted by Crippen LogP contribution is 2.29. The minimum Gasteiger partial charge on any atom is -0.465 e. The predicted octanol–water partition coefficient (Wildman–Crippen LogP) is 4.24. The molecule has 0 aromatic heterocycles. The number of esters is 1. The zero-order valence-corrected chi connectivity index (χ0v) is 14.9. The van der Waals surface area contributed by atoms with Crippen LogP contribution in [0.2, 0.25) is 0 Å². The van der Waals surface area contributed by atoms with Crippen molar-refractivity contribution in [3.63, 3.8) is 0 Å². The lowest BCUT2D eigenvalue weighted by molar-refractivity contribution is -0.150. The smallest absolute Gasteiger partial charge is 0.323 e. The molecule has 0 spiro atoms. The molecular weight excluding hydrogens is 310 g/mol. The molecule has 1 fully saturated rings. The van der Waals surface area contributed by atoms with Crippen LogP contribution in [0.4, 0.5) is 0 Å². The van der Waals surface area contributed by atoms with E-state index in [1.54, 1.807) is 0 Å². The molecule has 1 aliphatic rings. The van der Waals surface area contributed by atoms with Crippen LogP contribution in [0.1, 0.15) is 43.2 Å². The SMILES string of the molecule is CCOC(=O)[C@@H]1CCCCN1CC(c1ccccc1)c1ccccc1. The Bertz CT molecular complexity index is 617. The Morgan fingerprint density at radius 3 is 2.20 bits per heavy atom. The molecule has 25 heavy (non-hydrogen) atoms. The second kappa shape index (κ2) is 8.82. The van der Waals surface area contributed by atoms with Crippen LogP contribution in [0.3, 0.4) is 0 Å². The highest BCUT2D eigenvalue weighted by Gasteiger charge is 2.31. The van der Waals surface area contributed by atoms with E-state index in [2.05, 4.69) is 53.4 Å². The quantitative estimate of drug-likeness (QED) is 0.739. The van der Waals surface area contributed by atoms with Gasteiger partial charge in [0.1, 0.15) is 6.04 Å². The molecule has 1 aliphatic heterocycles. The van der Waals surface area contributed by atoms with Gasteiger partial charge in [0, 0.05) is 12.5 Å². The number of benzene rings is 2. The van der Waals surface area contributed by atoms with Crippen molar-refractivity contribution in [2.75, 3.05) is 19.7 Å². The molecule has 2 aromatic carbocycles. The van der Waals surface area contributed by atoms with Gasteiger partial charge in [-0.2, -0.15) is 0 Å². The summed E-state index contributed by atoms with van der Waals surface area (Å²) in [5, 5.41) is 0. The number of carbonyl (C=O) groups excluding carboxylic acids is 1. The Morgan fingerprint density at radius 2 is 1.64 bits per heavy atom. The van der Waals surface area contributed by atoms with Crippen LogP contribution in [0, 0.1) is 0 Å². The van der Waals surface area contributed by atoms with Gasteiger partial charge in [-0.25, -0.2) is 0 Å². The van der Waals surface area contributed by atoms with Gasteiger partial charge in [0.2, 0.25) is 0 Å². The van der Waals surface area contributed by atoms with E-state index in [-0.39, 0.29) is 17.9 Å². The van der Waals surface area contributed by atoms with E-state index in [1.165, 1.54) is 11.1 Å². The number of hydrogen-bond donors (Lipinski definition) is 0. The summed E-state index contributed by atoms with van der Waals surface area (Å²) in [6.45, 7) is 4.13. The summed E-state index contributed by atoms with van der Waals surface area (Å²) < 4.78 is 5.32. The third-order valence-corrected chi connectivity index (χ3v) is 4.99. The zero-order chi connectivity index (χ0) is 17.5. The van der Waals surface area contributed by atoms with E-state index in [1.807, 2.05) is 19.1 Å². The van der Waals surface area contributed by atoms with E-state index in [9.17, 15) is 4.79 Å². The monoisotopic (exact) mass is 337 g/mol. The Labute approximate surface area is 150 Å². The first-order valence-electron chi connectivity index (χ1n) is 9.30. The van der Waals surface area contributed by atoms with Crippen LogP contribution in [-0.4, -0.2) is 36.6 Å². The molecule has 1 saturated heterocycles. The van der Waals surface area contributed by atoms with Gasteiger partial charge in [-0.15, -0.1) is 0 Å². The van der Waals surface area contributed by atoms with Gasteiger partial charge in [0.15, 0.2) is 0 Å². The number of nitrogens with zero attached hydrogens (tertiary/aromatic N) is 1. The summed E-state index contributed by atoms with van der Waals surface area (Å²) in [4.78, 5) is 14.7. The lowest BCUT2D eigenvalue weighted by atomic mass is 9.89. The van der Waals surface area contributed by atoms with Crippen LogP contribution in [-0.2, 0) is 9.53 Å². The summed E-state index contributed by atoms with van der Waals surface area (Å²) in [7, 11) is 0. The number of hydrogen-bond acceptors (Lipinski definition) is 3. The second-order valence-corrected chi connectivity index (χ2v) is 6.63. The van der Waals surface area contributed by atoms with Gasteiger partial charge in [0.05, 0.1) is 6.61 Å². The van der Waals surface area contributed by atoms with E-state index in [4.69, 9.17) is 4.74 Å². The largest absolute Gasteiger partial charge is 0.465 e. The maximum absolute atomic E-state index is 12.4. The van der Waals surface area contributed by atoms with Gasteiger partial charge in [0.25, 0.3) is 0 Å². The summed E-state index contributed by atoms with van der Waals surface area (Å²) in [5.74, 6) is 0.194. The van der Waals surface area contributed by atoms with E-state index in [0.29, 0.717) is 6.61 Å². The Balaban J connectivity index is 1.85. The van der Waals surface area contributed by atoms with Crippen molar-refractivity contribution in [2.45, 2.75) is 38.1 Å². The van der Waals surface area contributed by atoms with E-state index < -0.39 is 0 Å². The van der Waals surface area contributed by atoms with Gasteiger partial charge < -0.3 is 4.74 Å². The third kappa shape index (κ3) is 4.49. The second-order valence-electron chi connectivity index (χ2n) is 6.63. The average Bonchev–Trinajstić information content (AvgIpc) is 2.68. The maximum Gasteiger partial charge on any atom is 0.323 e. The van der Waals surface area contributed by atoms with Crippen molar-refractivity contribution in [1.29, 1.82) is 0 Å². The number of ether oxygens (including phenoxy) is 1. The molecular formula is C22H27NO2. The number of likely N-dealkylation sites (tertiary alicyclic amines) is 1. The van der Waals surface area contributed by atoms with Crippen molar-refractivity contribution in [1.82, 2.24) is 4.90 Å². The molecule has 2 aromatic rings. The highest BCUT2D eigenvalue weighted by molar-refractivity contribution is 5.75. The minimum absolute atomic E-state index is 0.0675. The van der Waals surface area contributed by atoms with Crippen LogP contribution >= 0.6 is 0 Å². The predicted molar refractivity (Wildman–Crippen MR) is 101 cm³/mol. The van der Waals surface area contributed by atoms with Crippen molar-refractivity contribution >= 4 is 5.97 Å². The summed E-state index contributed by atoms with van der Waals surface area (Å²) in [6.07, 6.45) is 3.14. The molecule has 132 valence electrons. The lowest BCUT2D eigenvalue weighted by Crippen LogP contribution is -2.47. The van der Waals surface area contributed by atoms with Crippen molar-refractivity contribution < 1.29 is 9.53 Å². The maximum atomic E-state index is 12.4. The minimum atomic E-state index is -0.108. The first kappa shape index (κ1) is 17.7. The zero-order valence-electron chi connectivity index (χ0n) is 14.9. The molecule has 0 bridgehead atoms. The standard InChI is InChI=1S/C22H27NO2/c1-2-25-22(24)21-15-9-10-16-23(21)17-20(18-11-5-3-6-12-18)19-13-7-4-8-14-19/h3-8,11-14,20-21H,2,9-10,15-17H2,1H3/t21-/m0/s1. The number of piperidine rings is 1. The first-order valence-corrected chi connectivity index (χ1v) is 9.30. The van der Waals surface area contributed by atoms with Crippen molar-refractivity contribution in [3.8, 4) is 0 Å². The Morgan fingerprint density at radius 1 is 1.04 bits per heavy atom. The van der Waals surface area contributed by atoms with Gasteiger partial charge in [-0.1, -0.05) is 67.1 Å². The molecule has 0 saturated carbocycles. The molecule has 3 heteroatoms. The van der Waals surface area contributed by atoms with E-state index in [0.717, 1.165) is 32.4 Å². The lowest BCUT2D eigenvalue weighted by Gasteiger charge is -2.36. The normalized spacial score (nSPS) is 18.2. The molecule has 1 atom stereocenters. The summed E-state index contributed by atoms with van der Waals surface area (Å²) in [6, 6.07) is 21.1. The van der Waals surface area contributed by atoms with Crippen LogP contribution in [0.15, 0.2) is 60.7 Å². The fourth-order valence-electron chi connectivity index (χ4n) is 3.72.